The van der Waals surface area contributed by atoms with Crippen LogP contribution in [0, 0.1) is 0 Å². The average Bonchev–Trinajstić information content (AvgIpc) is 3.15. The first kappa shape index (κ1) is 13.5. The molecular weight excluding hydrogens is 266 g/mol. The summed E-state index contributed by atoms with van der Waals surface area (Å²) < 4.78 is 12.6. The molecular formula is C17H17NO3. The van der Waals surface area contributed by atoms with Crippen molar-refractivity contribution in [2.45, 2.75) is 19.3 Å². The molecule has 2 heterocycles. The molecule has 0 aliphatic heterocycles. The molecule has 0 saturated heterocycles. The van der Waals surface area contributed by atoms with Crippen LogP contribution in [0.1, 0.15) is 29.8 Å². The second-order valence-corrected chi connectivity index (χ2v) is 5.14. The molecule has 0 N–H and O–H groups in total. The third-order valence-corrected chi connectivity index (χ3v) is 3.60. The lowest BCUT2D eigenvalue weighted by molar-refractivity contribution is 0.0892. The fraction of sp³-hybridized carbons (Fsp3) is 0.235. The summed E-state index contributed by atoms with van der Waals surface area (Å²) in [7, 11) is 1.64. The third kappa shape index (κ3) is 2.70. The van der Waals surface area contributed by atoms with Crippen molar-refractivity contribution in [3.63, 3.8) is 0 Å². The van der Waals surface area contributed by atoms with Crippen molar-refractivity contribution < 1.29 is 13.9 Å². The number of fused-ring (bicyclic) bond motifs is 1. The Balaban J connectivity index is 1.81. The van der Waals surface area contributed by atoms with Crippen LogP contribution in [-0.4, -0.2) is 17.6 Å². The standard InChI is InChI=1S/C17H17NO3/c1-12(9-17(19)18-7-3-4-8-18)16-11-13-10-14(20-2)5-6-15(13)21-16/h3-8,10-12H,9H2,1-2H3/t12-/m1/s1. The fourth-order valence-electron chi connectivity index (χ4n) is 2.38. The molecule has 0 amide bonds. The monoisotopic (exact) mass is 283 g/mol. The SMILES string of the molecule is COc1ccc2oc([C@H](C)CC(=O)n3cccc3)cc2c1. The molecule has 0 unspecified atom stereocenters. The zero-order valence-electron chi connectivity index (χ0n) is 12.1. The van der Waals surface area contributed by atoms with Crippen LogP contribution in [0.2, 0.25) is 0 Å². The van der Waals surface area contributed by atoms with Crippen LogP contribution >= 0.6 is 0 Å². The van der Waals surface area contributed by atoms with E-state index in [1.165, 1.54) is 0 Å². The molecule has 4 heteroatoms. The maximum absolute atomic E-state index is 12.1. The van der Waals surface area contributed by atoms with Crippen molar-refractivity contribution in [2.75, 3.05) is 7.11 Å². The van der Waals surface area contributed by atoms with E-state index < -0.39 is 0 Å². The molecule has 0 spiro atoms. The Bertz CT molecular complexity index is 756. The summed E-state index contributed by atoms with van der Waals surface area (Å²) in [4.78, 5) is 12.1. The third-order valence-electron chi connectivity index (χ3n) is 3.60. The molecule has 1 atom stereocenters. The Kier molecular flexibility index (Phi) is 3.52. The Morgan fingerprint density at radius 2 is 2.05 bits per heavy atom. The minimum atomic E-state index is 0.0262. The van der Waals surface area contributed by atoms with Gasteiger partial charge in [-0.2, -0.15) is 0 Å². The van der Waals surface area contributed by atoms with Gasteiger partial charge in [-0.25, -0.2) is 0 Å². The van der Waals surface area contributed by atoms with Crippen molar-refractivity contribution >= 4 is 16.9 Å². The Morgan fingerprint density at radius 1 is 1.29 bits per heavy atom. The number of hydrogen-bond acceptors (Lipinski definition) is 3. The van der Waals surface area contributed by atoms with Gasteiger partial charge >= 0.3 is 0 Å². The zero-order valence-corrected chi connectivity index (χ0v) is 12.1. The second kappa shape index (κ2) is 5.48. The van der Waals surface area contributed by atoms with Crippen LogP contribution in [0.3, 0.4) is 0 Å². The van der Waals surface area contributed by atoms with Crippen molar-refractivity contribution in [3.05, 3.63) is 54.6 Å². The number of furan rings is 1. The van der Waals surface area contributed by atoms with E-state index in [-0.39, 0.29) is 11.8 Å². The van der Waals surface area contributed by atoms with Gasteiger partial charge in [0.1, 0.15) is 17.1 Å². The quantitative estimate of drug-likeness (QED) is 0.724. The Labute approximate surface area is 122 Å². The van der Waals surface area contributed by atoms with Gasteiger partial charge in [0.15, 0.2) is 0 Å². The van der Waals surface area contributed by atoms with E-state index in [0.29, 0.717) is 6.42 Å². The summed E-state index contributed by atoms with van der Waals surface area (Å²) in [5, 5.41) is 0.990. The highest BCUT2D eigenvalue weighted by atomic mass is 16.5. The predicted molar refractivity (Wildman–Crippen MR) is 80.9 cm³/mol. The van der Waals surface area contributed by atoms with Crippen LogP contribution in [0.15, 0.2) is 53.2 Å². The van der Waals surface area contributed by atoms with E-state index in [1.54, 1.807) is 24.1 Å². The maximum atomic E-state index is 12.1. The number of methoxy groups -OCH3 is 1. The first-order valence-electron chi connectivity index (χ1n) is 6.91. The van der Waals surface area contributed by atoms with Crippen molar-refractivity contribution in [1.29, 1.82) is 0 Å². The van der Waals surface area contributed by atoms with Gasteiger partial charge in [0.2, 0.25) is 5.91 Å². The van der Waals surface area contributed by atoms with Gasteiger partial charge in [-0.3, -0.25) is 9.36 Å². The van der Waals surface area contributed by atoms with Gasteiger partial charge in [0.05, 0.1) is 7.11 Å². The van der Waals surface area contributed by atoms with Gasteiger partial charge in [-0.1, -0.05) is 6.92 Å². The summed E-state index contributed by atoms with van der Waals surface area (Å²) in [5.41, 5.74) is 0.811. The molecule has 0 saturated carbocycles. The molecule has 0 bridgehead atoms. The topological polar surface area (TPSA) is 44.4 Å². The molecule has 2 aromatic heterocycles. The first-order chi connectivity index (χ1) is 10.2. The van der Waals surface area contributed by atoms with Crippen LogP contribution in [0.25, 0.3) is 11.0 Å². The van der Waals surface area contributed by atoms with Crippen LogP contribution in [0.4, 0.5) is 0 Å². The maximum Gasteiger partial charge on any atom is 0.231 e. The van der Waals surface area contributed by atoms with E-state index in [9.17, 15) is 4.79 Å². The molecule has 0 aliphatic rings. The highest BCUT2D eigenvalue weighted by Crippen LogP contribution is 2.29. The van der Waals surface area contributed by atoms with Crippen molar-refractivity contribution in [3.8, 4) is 5.75 Å². The number of aromatic nitrogens is 1. The first-order valence-corrected chi connectivity index (χ1v) is 6.91. The van der Waals surface area contributed by atoms with Crippen LogP contribution in [-0.2, 0) is 0 Å². The minimum absolute atomic E-state index is 0.0262. The number of benzene rings is 1. The van der Waals surface area contributed by atoms with Crippen molar-refractivity contribution in [1.82, 2.24) is 4.57 Å². The highest BCUT2D eigenvalue weighted by Gasteiger charge is 2.16. The van der Waals surface area contributed by atoms with Crippen molar-refractivity contribution in [2.24, 2.45) is 0 Å². The number of ether oxygens (including phenoxy) is 1. The molecule has 3 aromatic rings. The molecule has 21 heavy (non-hydrogen) atoms. The Morgan fingerprint density at radius 3 is 2.76 bits per heavy atom. The lowest BCUT2D eigenvalue weighted by Gasteiger charge is -2.07. The van der Waals surface area contributed by atoms with Gasteiger partial charge in [0, 0.05) is 30.1 Å². The van der Waals surface area contributed by atoms with E-state index in [1.807, 2.05) is 43.3 Å². The predicted octanol–water partition coefficient (Wildman–Crippen LogP) is 4.08. The molecule has 0 fully saturated rings. The number of carbonyl (C=O) groups is 1. The molecule has 108 valence electrons. The largest absolute Gasteiger partial charge is 0.497 e. The van der Waals surface area contributed by atoms with Crippen LogP contribution < -0.4 is 4.74 Å². The molecule has 4 nitrogen and oxygen atoms in total. The van der Waals surface area contributed by atoms with Gasteiger partial charge in [0.25, 0.3) is 0 Å². The number of hydrogen-bond donors (Lipinski definition) is 0. The number of nitrogens with zero attached hydrogens (tertiary/aromatic N) is 1. The summed E-state index contributed by atoms with van der Waals surface area (Å²) >= 11 is 0. The van der Waals surface area contributed by atoms with Gasteiger partial charge < -0.3 is 9.15 Å². The Hall–Kier alpha value is -2.49. The van der Waals surface area contributed by atoms with E-state index in [4.69, 9.17) is 9.15 Å². The summed E-state index contributed by atoms with van der Waals surface area (Å²) in [6, 6.07) is 11.4. The van der Waals surface area contributed by atoms with Crippen LogP contribution in [0.5, 0.6) is 5.75 Å². The fourth-order valence-corrected chi connectivity index (χ4v) is 2.38. The lowest BCUT2D eigenvalue weighted by Crippen LogP contribution is -2.11. The smallest absolute Gasteiger partial charge is 0.231 e. The lowest BCUT2D eigenvalue weighted by atomic mass is 10.0. The number of carbonyl (C=O) groups excluding carboxylic acids is 1. The van der Waals surface area contributed by atoms with E-state index in [0.717, 1.165) is 22.5 Å². The van der Waals surface area contributed by atoms with E-state index in [2.05, 4.69) is 0 Å². The molecule has 0 aliphatic carbocycles. The highest BCUT2D eigenvalue weighted by molar-refractivity contribution is 5.81. The number of rotatable bonds is 4. The summed E-state index contributed by atoms with van der Waals surface area (Å²) in [5.74, 6) is 1.70. The van der Waals surface area contributed by atoms with Gasteiger partial charge in [-0.15, -0.1) is 0 Å². The second-order valence-electron chi connectivity index (χ2n) is 5.14. The van der Waals surface area contributed by atoms with E-state index >= 15 is 0 Å². The normalized spacial score (nSPS) is 12.5. The zero-order chi connectivity index (χ0) is 14.8. The minimum Gasteiger partial charge on any atom is -0.497 e. The molecule has 3 rings (SSSR count). The van der Waals surface area contributed by atoms with Gasteiger partial charge in [-0.05, 0) is 36.4 Å². The summed E-state index contributed by atoms with van der Waals surface area (Å²) in [6.45, 7) is 2.00. The molecule has 1 aromatic carbocycles. The molecule has 0 radical (unpaired) electrons. The average molecular weight is 283 g/mol. The summed E-state index contributed by atoms with van der Waals surface area (Å²) in [6.07, 6.45) is 3.93.